The molecule has 2 aromatic rings. The summed E-state index contributed by atoms with van der Waals surface area (Å²) in [6.07, 6.45) is 2.32. The smallest absolute Gasteiger partial charge is 0.124 e. The number of ether oxygens (including phenoxy) is 1. The number of nitrogens with one attached hydrogen (secondary N) is 1. The molecular formula is C18H21Cl4NO. The summed E-state index contributed by atoms with van der Waals surface area (Å²) in [5.74, 6) is 0.810. The lowest BCUT2D eigenvalue weighted by Gasteiger charge is -2.13. The van der Waals surface area contributed by atoms with Gasteiger partial charge in [-0.2, -0.15) is 0 Å². The van der Waals surface area contributed by atoms with Crippen LogP contribution in [0.15, 0.2) is 36.4 Å². The van der Waals surface area contributed by atoms with Crippen LogP contribution in [0.3, 0.4) is 0 Å². The van der Waals surface area contributed by atoms with Crippen molar-refractivity contribution in [2.75, 3.05) is 6.54 Å². The molecule has 0 aliphatic carbocycles. The van der Waals surface area contributed by atoms with E-state index in [1.54, 1.807) is 12.1 Å². The molecule has 0 aliphatic rings. The van der Waals surface area contributed by atoms with Gasteiger partial charge in [-0.15, -0.1) is 12.4 Å². The second-order valence-corrected chi connectivity index (χ2v) is 6.59. The topological polar surface area (TPSA) is 21.3 Å². The molecule has 0 amide bonds. The van der Waals surface area contributed by atoms with Gasteiger partial charge in [0.1, 0.15) is 12.4 Å². The number of rotatable bonds is 8. The van der Waals surface area contributed by atoms with E-state index in [2.05, 4.69) is 12.2 Å². The van der Waals surface area contributed by atoms with E-state index in [1.165, 1.54) is 6.42 Å². The number of halogens is 4. The molecule has 0 atom stereocenters. The van der Waals surface area contributed by atoms with Crippen LogP contribution in [0, 0.1) is 0 Å². The second kappa shape index (κ2) is 11.1. The van der Waals surface area contributed by atoms with Crippen molar-refractivity contribution in [2.45, 2.75) is 32.9 Å². The maximum Gasteiger partial charge on any atom is 0.124 e. The van der Waals surface area contributed by atoms with Gasteiger partial charge >= 0.3 is 0 Å². The van der Waals surface area contributed by atoms with Crippen molar-refractivity contribution in [1.82, 2.24) is 5.32 Å². The van der Waals surface area contributed by atoms with E-state index >= 15 is 0 Å². The van der Waals surface area contributed by atoms with E-state index in [1.807, 2.05) is 24.3 Å². The Morgan fingerprint density at radius 1 is 0.958 bits per heavy atom. The third-order valence-electron chi connectivity index (χ3n) is 3.44. The van der Waals surface area contributed by atoms with Gasteiger partial charge in [0.2, 0.25) is 0 Å². The summed E-state index contributed by atoms with van der Waals surface area (Å²) < 4.78 is 5.93. The monoisotopic (exact) mass is 407 g/mol. The number of hydrogen-bond acceptors (Lipinski definition) is 2. The molecule has 0 unspecified atom stereocenters. The summed E-state index contributed by atoms with van der Waals surface area (Å²) in [5.41, 5.74) is 1.94. The van der Waals surface area contributed by atoms with E-state index in [0.29, 0.717) is 21.7 Å². The van der Waals surface area contributed by atoms with Gasteiger partial charge in [0.05, 0.1) is 0 Å². The molecule has 2 nitrogen and oxygen atoms in total. The average molecular weight is 409 g/mol. The van der Waals surface area contributed by atoms with Crippen LogP contribution >= 0.6 is 47.2 Å². The zero-order chi connectivity index (χ0) is 16.7. The lowest BCUT2D eigenvalue weighted by Crippen LogP contribution is -2.15. The van der Waals surface area contributed by atoms with Crippen molar-refractivity contribution in [3.63, 3.8) is 0 Å². The minimum absolute atomic E-state index is 0. The van der Waals surface area contributed by atoms with Gasteiger partial charge in [-0.3, -0.25) is 0 Å². The largest absolute Gasteiger partial charge is 0.489 e. The molecule has 132 valence electrons. The van der Waals surface area contributed by atoms with E-state index in [4.69, 9.17) is 39.5 Å². The van der Waals surface area contributed by atoms with E-state index in [9.17, 15) is 0 Å². The molecule has 24 heavy (non-hydrogen) atoms. The Labute approximate surface area is 164 Å². The Bertz CT molecular complexity index is 649. The molecule has 0 aliphatic heterocycles. The molecule has 0 spiro atoms. The van der Waals surface area contributed by atoms with Crippen molar-refractivity contribution in [2.24, 2.45) is 0 Å². The summed E-state index contributed by atoms with van der Waals surface area (Å²) in [7, 11) is 0. The summed E-state index contributed by atoms with van der Waals surface area (Å²) in [5, 5.41) is 5.33. The van der Waals surface area contributed by atoms with Gasteiger partial charge in [-0.25, -0.2) is 0 Å². The highest BCUT2D eigenvalue weighted by Crippen LogP contribution is 2.26. The maximum absolute atomic E-state index is 6.18. The highest BCUT2D eigenvalue weighted by molar-refractivity contribution is 6.35. The molecule has 0 fully saturated rings. The van der Waals surface area contributed by atoms with Gasteiger partial charge in [0.15, 0.2) is 0 Å². The predicted molar refractivity (Wildman–Crippen MR) is 106 cm³/mol. The number of benzene rings is 2. The van der Waals surface area contributed by atoms with Crippen LogP contribution in [0.25, 0.3) is 0 Å². The Morgan fingerprint density at radius 2 is 1.67 bits per heavy atom. The molecule has 0 saturated heterocycles. The highest BCUT2D eigenvalue weighted by Gasteiger charge is 2.07. The maximum atomic E-state index is 6.18. The van der Waals surface area contributed by atoms with Crippen LogP contribution in [0.1, 0.15) is 30.9 Å². The van der Waals surface area contributed by atoms with Gasteiger partial charge in [-0.1, -0.05) is 54.2 Å². The first-order valence-electron chi connectivity index (χ1n) is 7.66. The van der Waals surface area contributed by atoms with Crippen LogP contribution in [0.4, 0.5) is 0 Å². The first-order valence-corrected chi connectivity index (χ1v) is 8.79. The Balaban J connectivity index is 0.00000288. The van der Waals surface area contributed by atoms with Crippen molar-refractivity contribution in [3.8, 4) is 5.75 Å². The van der Waals surface area contributed by atoms with Gasteiger partial charge in [-0.05, 0) is 43.3 Å². The number of unbranched alkanes of at least 4 members (excludes halogenated alkanes) is 1. The summed E-state index contributed by atoms with van der Waals surface area (Å²) in [6, 6.07) is 11.1. The first-order chi connectivity index (χ1) is 11.1. The predicted octanol–water partition coefficient (Wildman–Crippen LogP) is 6.54. The minimum Gasteiger partial charge on any atom is -0.489 e. The summed E-state index contributed by atoms with van der Waals surface area (Å²) >= 11 is 18.2. The molecule has 0 saturated carbocycles. The van der Waals surface area contributed by atoms with Gasteiger partial charge < -0.3 is 10.1 Å². The highest BCUT2D eigenvalue weighted by atomic mass is 35.5. The third kappa shape index (κ3) is 6.70. The van der Waals surface area contributed by atoms with Crippen LogP contribution in [0.5, 0.6) is 5.75 Å². The Hall–Kier alpha value is -0.640. The molecular weight excluding hydrogens is 388 g/mol. The van der Waals surface area contributed by atoms with Gasteiger partial charge in [0, 0.05) is 32.7 Å². The fourth-order valence-corrected chi connectivity index (χ4v) is 2.80. The van der Waals surface area contributed by atoms with E-state index in [0.717, 1.165) is 36.4 Å². The zero-order valence-corrected chi connectivity index (χ0v) is 16.5. The second-order valence-electron chi connectivity index (χ2n) is 5.31. The summed E-state index contributed by atoms with van der Waals surface area (Å²) in [4.78, 5) is 0. The molecule has 2 aromatic carbocycles. The Kier molecular flexibility index (Phi) is 9.87. The third-order valence-corrected chi connectivity index (χ3v) is 4.27. The Morgan fingerprint density at radius 3 is 2.38 bits per heavy atom. The van der Waals surface area contributed by atoms with E-state index < -0.39 is 0 Å². The van der Waals surface area contributed by atoms with Crippen LogP contribution < -0.4 is 10.1 Å². The van der Waals surface area contributed by atoms with Crippen molar-refractivity contribution in [1.29, 1.82) is 0 Å². The zero-order valence-electron chi connectivity index (χ0n) is 13.5. The van der Waals surface area contributed by atoms with Crippen LogP contribution in [-0.4, -0.2) is 6.54 Å². The van der Waals surface area contributed by atoms with Crippen molar-refractivity contribution < 1.29 is 4.74 Å². The quantitative estimate of drug-likeness (QED) is 0.500. The standard InChI is InChI=1S/C18H20Cl3NO.ClH/c1-2-3-8-22-11-14-9-15(19)6-7-18(14)23-12-13-4-5-16(20)10-17(13)21;/h4-7,9-10,22H,2-3,8,11-12H2,1H3;1H. The lowest BCUT2D eigenvalue weighted by atomic mass is 10.2. The molecule has 6 heteroatoms. The minimum atomic E-state index is 0. The number of hydrogen-bond donors (Lipinski definition) is 1. The SMILES string of the molecule is CCCCNCc1cc(Cl)ccc1OCc1ccc(Cl)cc1Cl.Cl. The fraction of sp³-hybridized carbons (Fsp3) is 0.333. The van der Waals surface area contributed by atoms with Crippen LogP contribution in [0.2, 0.25) is 15.1 Å². The molecule has 0 radical (unpaired) electrons. The van der Waals surface area contributed by atoms with Crippen molar-refractivity contribution >= 4 is 47.2 Å². The fourth-order valence-electron chi connectivity index (χ4n) is 2.15. The van der Waals surface area contributed by atoms with Gasteiger partial charge in [0.25, 0.3) is 0 Å². The lowest BCUT2D eigenvalue weighted by molar-refractivity contribution is 0.302. The average Bonchev–Trinajstić information content (AvgIpc) is 2.52. The van der Waals surface area contributed by atoms with E-state index in [-0.39, 0.29) is 12.4 Å². The molecule has 0 heterocycles. The molecule has 0 bridgehead atoms. The normalized spacial score (nSPS) is 10.3. The van der Waals surface area contributed by atoms with Crippen LogP contribution in [-0.2, 0) is 13.2 Å². The van der Waals surface area contributed by atoms with Crippen molar-refractivity contribution in [3.05, 3.63) is 62.6 Å². The first kappa shape index (κ1) is 21.4. The molecule has 2 rings (SSSR count). The molecule has 0 aromatic heterocycles. The summed E-state index contributed by atoms with van der Waals surface area (Å²) in [6.45, 7) is 4.26. The molecule has 1 N–H and O–H groups in total.